The third-order valence-electron chi connectivity index (χ3n) is 3.64. The van der Waals surface area contributed by atoms with Crippen LogP contribution in [-0.2, 0) is 0 Å². The summed E-state index contributed by atoms with van der Waals surface area (Å²) in [5.41, 5.74) is 0.218. The molecule has 6 heteroatoms. The second-order valence-corrected chi connectivity index (χ2v) is 5.11. The van der Waals surface area contributed by atoms with E-state index < -0.39 is 11.6 Å². The van der Waals surface area contributed by atoms with Crippen LogP contribution in [0.1, 0.15) is 36.5 Å². The second-order valence-electron chi connectivity index (χ2n) is 5.11. The Hall–Kier alpha value is -1.20. The van der Waals surface area contributed by atoms with Gasteiger partial charge in [-0.1, -0.05) is 6.92 Å². The molecule has 3 nitrogen and oxygen atoms in total. The lowest BCUT2D eigenvalue weighted by molar-refractivity contribution is 0.0642. The summed E-state index contributed by atoms with van der Waals surface area (Å²) in [6.07, 6.45) is 2.64. The third-order valence-corrected chi connectivity index (χ3v) is 3.64. The van der Waals surface area contributed by atoms with Crippen molar-refractivity contribution in [2.75, 3.05) is 19.6 Å². The summed E-state index contributed by atoms with van der Waals surface area (Å²) in [5.74, 6) is -2.11. The quantitative estimate of drug-likeness (QED) is 0.925. The minimum atomic E-state index is -0.974. The van der Waals surface area contributed by atoms with Crippen molar-refractivity contribution in [1.29, 1.82) is 0 Å². The summed E-state index contributed by atoms with van der Waals surface area (Å²) in [6.45, 7) is 4.42. The number of nitrogens with zero attached hydrogens (tertiary/aromatic N) is 1. The van der Waals surface area contributed by atoms with Gasteiger partial charge in [0.15, 0.2) is 11.6 Å². The van der Waals surface area contributed by atoms with Crippen LogP contribution >= 0.6 is 12.4 Å². The van der Waals surface area contributed by atoms with E-state index >= 15 is 0 Å². The zero-order chi connectivity index (χ0) is 14.5. The molecule has 1 fully saturated rings. The van der Waals surface area contributed by atoms with Crippen molar-refractivity contribution in [2.24, 2.45) is 0 Å². The van der Waals surface area contributed by atoms with Crippen LogP contribution in [0.4, 0.5) is 8.78 Å². The number of halogens is 3. The molecule has 118 valence electrons. The van der Waals surface area contributed by atoms with Crippen molar-refractivity contribution >= 4 is 18.3 Å². The molecule has 0 atom stereocenters. The highest BCUT2D eigenvalue weighted by Crippen LogP contribution is 2.17. The molecule has 2 rings (SSSR count). The van der Waals surface area contributed by atoms with Gasteiger partial charge in [-0.05, 0) is 50.6 Å². The molecule has 1 aliphatic rings. The van der Waals surface area contributed by atoms with E-state index in [-0.39, 0.29) is 29.9 Å². The lowest BCUT2D eigenvalue weighted by Crippen LogP contribution is -2.46. The fourth-order valence-corrected chi connectivity index (χ4v) is 2.60. The fraction of sp³-hybridized carbons (Fsp3) is 0.533. The summed E-state index contributed by atoms with van der Waals surface area (Å²) in [6, 6.07) is 3.53. The Morgan fingerprint density at radius 1 is 1.29 bits per heavy atom. The number of rotatable bonds is 4. The van der Waals surface area contributed by atoms with Gasteiger partial charge in [0, 0.05) is 18.2 Å². The molecule has 0 unspecified atom stereocenters. The average Bonchev–Trinajstić information content (AvgIpc) is 2.48. The minimum absolute atomic E-state index is 0. The standard InChI is InChI=1S/C15H20F2N2O.ClH/c1-2-9-19(12-5-7-18-8-6-12)15(20)11-3-4-13(16)14(17)10-11;/h3-4,10,12,18H,2,5-9H2,1H3;1H. The Bertz CT molecular complexity index is 479. The molecule has 0 bridgehead atoms. The van der Waals surface area contributed by atoms with Gasteiger partial charge in [-0.25, -0.2) is 8.78 Å². The molecule has 1 aliphatic heterocycles. The summed E-state index contributed by atoms with van der Waals surface area (Å²) < 4.78 is 26.2. The average molecular weight is 319 g/mol. The highest BCUT2D eigenvalue weighted by atomic mass is 35.5. The number of carbonyl (C=O) groups excluding carboxylic acids is 1. The molecular formula is C15H21ClF2N2O. The van der Waals surface area contributed by atoms with E-state index in [1.165, 1.54) is 6.07 Å². The predicted molar refractivity (Wildman–Crippen MR) is 80.8 cm³/mol. The third kappa shape index (κ3) is 4.38. The molecule has 1 aromatic rings. The van der Waals surface area contributed by atoms with Gasteiger partial charge >= 0.3 is 0 Å². The Kier molecular flexibility index (Phi) is 7.05. The van der Waals surface area contributed by atoms with Gasteiger partial charge in [0.25, 0.3) is 5.91 Å². The van der Waals surface area contributed by atoms with E-state index in [1.54, 1.807) is 4.90 Å². The number of benzene rings is 1. The molecule has 1 saturated heterocycles. The van der Waals surface area contributed by atoms with Gasteiger partial charge in [0.2, 0.25) is 0 Å². The lowest BCUT2D eigenvalue weighted by Gasteiger charge is -2.34. The largest absolute Gasteiger partial charge is 0.336 e. The first-order chi connectivity index (χ1) is 9.63. The molecule has 0 radical (unpaired) electrons. The molecule has 1 heterocycles. The van der Waals surface area contributed by atoms with Gasteiger partial charge in [-0.3, -0.25) is 4.79 Å². The van der Waals surface area contributed by atoms with Gasteiger partial charge in [-0.2, -0.15) is 0 Å². The molecule has 1 aromatic carbocycles. The van der Waals surface area contributed by atoms with Crippen LogP contribution in [0.2, 0.25) is 0 Å². The van der Waals surface area contributed by atoms with Crippen molar-refractivity contribution in [1.82, 2.24) is 10.2 Å². The molecule has 0 saturated carbocycles. The second kappa shape index (κ2) is 8.29. The maximum Gasteiger partial charge on any atom is 0.254 e. The smallest absolute Gasteiger partial charge is 0.254 e. The van der Waals surface area contributed by atoms with Crippen molar-refractivity contribution < 1.29 is 13.6 Å². The Morgan fingerprint density at radius 3 is 2.52 bits per heavy atom. The number of piperidine rings is 1. The first-order valence-electron chi connectivity index (χ1n) is 7.10. The van der Waals surface area contributed by atoms with E-state index in [2.05, 4.69) is 5.32 Å². The van der Waals surface area contributed by atoms with E-state index in [0.29, 0.717) is 6.54 Å². The van der Waals surface area contributed by atoms with Crippen LogP contribution < -0.4 is 5.32 Å². The normalized spacial score (nSPS) is 15.4. The minimum Gasteiger partial charge on any atom is -0.336 e. The zero-order valence-corrected chi connectivity index (χ0v) is 12.9. The van der Waals surface area contributed by atoms with Crippen molar-refractivity contribution in [3.63, 3.8) is 0 Å². The lowest BCUT2D eigenvalue weighted by atomic mass is 10.0. The SMILES string of the molecule is CCCN(C(=O)c1ccc(F)c(F)c1)C1CCNCC1.Cl. The van der Waals surface area contributed by atoms with Gasteiger partial charge in [0.05, 0.1) is 0 Å². The summed E-state index contributed by atoms with van der Waals surface area (Å²) in [7, 11) is 0. The monoisotopic (exact) mass is 318 g/mol. The Labute approximate surface area is 130 Å². The molecule has 1 amide bonds. The number of hydrogen-bond donors (Lipinski definition) is 1. The van der Waals surface area contributed by atoms with E-state index in [4.69, 9.17) is 0 Å². The van der Waals surface area contributed by atoms with Crippen LogP contribution in [0, 0.1) is 11.6 Å². The first kappa shape index (κ1) is 17.9. The number of nitrogens with one attached hydrogen (secondary N) is 1. The Balaban J connectivity index is 0.00000220. The fourth-order valence-electron chi connectivity index (χ4n) is 2.60. The Morgan fingerprint density at radius 2 is 1.95 bits per heavy atom. The van der Waals surface area contributed by atoms with E-state index in [0.717, 1.165) is 44.5 Å². The topological polar surface area (TPSA) is 32.3 Å². The maximum atomic E-state index is 13.3. The molecule has 0 aromatic heterocycles. The summed E-state index contributed by atoms with van der Waals surface area (Å²) >= 11 is 0. The van der Waals surface area contributed by atoms with Crippen molar-refractivity contribution in [3.05, 3.63) is 35.4 Å². The molecule has 21 heavy (non-hydrogen) atoms. The number of hydrogen-bond acceptors (Lipinski definition) is 2. The van der Waals surface area contributed by atoms with Gasteiger partial charge < -0.3 is 10.2 Å². The predicted octanol–water partition coefficient (Wildman–Crippen LogP) is 2.99. The molecule has 1 N–H and O–H groups in total. The number of carbonyl (C=O) groups is 1. The van der Waals surface area contributed by atoms with Crippen LogP contribution in [0.3, 0.4) is 0 Å². The van der Waals surface area contributed by atoms with E-state index in [1.807, 2.05) is 6.92 Å². The van der Waals surface area contributed by atoms with Crippen LogP contribution in [0.15, 0.2) is 18.2 Å². The van der Waals surface area contributed by atoms with Gasteiger partial charge in [-0.15, -0.1) is 12.4 Å². The van der Waals surface area contributed by atoms with Crippen LogP contribution in [-0.4, -0.2) is 36.5 Å². The van der Waals surface area contributed by atoms with E-state index in [9.17, 15) is 13.6 Å². The van der Waals surface area contributed by atoms with Crippen molar-refractivity contribution in [3.8, 4) is 0 Å². The van der Waals surface area contributed by atoms with Crippen LogP contribution in [0.5, 0.6) is 0 Å². The maximum absolute atomic E-state index is 13.3. The summed E-state index contributed by atoms with van der Waals surface area (Å²) in [4.78, 5) is 14.3. The molecule has 0 aliphatic carbocycles. The molecule has 0 spiro atoms. The first-order valence-corrected chi connectivity index (χ1v) is 7.10. The zero-order valence-electron chi connectivity index (χ0n) is 12.1. The number of amides is 1. The summed E-state index contributed by atoms with van der Waals surface area (Å²) in [5, 5.41) is 3.26. The van der Waals surface area contributed by atoms with Gasteiger partial charge in [0.1, 0.15) is 0 Å². The highest BCUT2D eigenvalue weighted by Gasteiger charge is 2.25. The van der Waals surface area contributed by atoms with Crippen LogP contribution in [0.25, 0.3) is 0 Å². The highest BCUT2D eigenvalue weighted by molar-refractivity contribution is 5.94. The molecular weight excluding hydrogens is 298 g/mol. The van der Waals surface area contributed by atoms with Crippen molar-refractivity contribution in [2.45, 2.75) is 32.2 Å².